The van der Waals surface area contributed by atoms with Crippen LogP contribution in [0.1, 0.15) is 31.5 Å². The molecular weight excluding hydrogens is 378 g/mol. The fraction of sp³-hybridized carbons (Fsp3) is 0.200. The lowest BCUT2D eigenvalue weighted by atomic mass is 10.2. The van der Waals surface area contributed by atoms with Crippen LogP contribution in [0.3, 0.4) is 0 Å². The van der Waals surface area contributed by atoms with Crippen LogP contribution in [0.5, 0.6) is 5.75 Å². The summed E-state index contributed by atoms with van der Waals surface area (Å²) in [5, 5.41) is 14.4. The lowest BCUT2D eigenvalue weighted by molar-refractivity contribution is -0.385. The van der Waals surface area contributed by atoms with E-state index in [2.05, 4.69) is 10.3 Å². The Morgan fingerprint density at radius 1 is 1.18 bits per heavy atom. The Bertz CT molecular complexity index is 1030. The van der Waals surface area contributed by atoms with Crippen molar-refractivity contribution in [2.24, 2.45) is 0 Å². The van der Waals surface area contributed by atoms with Crippen molar-refractivity contribution in [3.05, 3.63) is 79.3 Å². The molecule has 1 heterocycles. The normalized spacial score (nSPS) is 10.5. The van der Waals surface area contributed by atoms with E-state index in [1.54, 1.807) is 26.0 Å². The first-order valence-electron chi connectivity index (χ1n) is 8.55. The average molecular weight is 397 g/mol. The van der Waals surface area contributed by atoms with Gasteiger partial charge in [-0.25, -0.2) is 4.98 Å². The number of ether oxygens (including phenoxy) is 1. The first-order valence-corrected chi connectivity index (χ1v) is 9.37. The van der Waals surface area contributed by atoms with Gasteiger partial charge < -0.3 is 10.1 Å². The molecule has 1 N–H and O–H groups in total. The summed E-state index contributed by atoms with van der Waals surface area (Å²) in [6.07, 6.45) is 0. The summed E-state index contributed by atoms with van der Waals surface area (Å²) >= 11 is 1.24. The summed E-state index contributed by atoms with van der Waals surface area (Å²) in [6.45, 7) is 5.66. The van der Waals surface area contributed by atoms with E-state index in [9.17, 15) is 14.9 Å². The first-order chi connectivity index (χ1) is 13.3. The SMILES string of the molecule is Cc1ccc(OCc2nc(C)c(C(=O)Nc3ccc(C)c([N+](=O)[O-])c3)s2)cc1. The van der Waals surface area contributed by atoms with Gasteiger partial charge in [0.05, 0.1) is 10.6 Å². The van der Waals surface area contributed by atoms with Gasteiger partial charge >= 0.3 is 0 Å². The molecular formula is C20H19N3O4S. The van der Waals surface area contributed by atoms with Crippen molar-refractivity contribution >= 4 is 28.6 Å². The van der Waals surface area contributed by atoms with E-state index in [-0.39, 0.29) is 18.2 Å². The second-order valence-electron chi connectivity index (χ2n) is 6.34. The van der Waals surface area contributed by atoms with Crippen LogP contribution in [-0.2, 0) is 6.61 Å². The summed E-state index contributed by atoms with van der Waals surface area (Å²) in [5.74, 6) is 0.381. The molecule has 144 valence electrons. The summed E-state index contributed by atoms with van der Waals surface area (Å²) in [7, 11) is 0. The minimum Gasteiger partial charge on any atom is -0.486 e. The molecule has 2 aromatic carbocycles. The van der Waals surface area contributed by atoms with Crippen LogP contribution in [0.4, 0.5) is 11.4 Å². The topological polar surface area (TPSA) is 94.4 Å². The van der Waals surface area contributed by atoms with Crippen LogP contribution in [0.2, 0.25) is 0 Å². The van der Waals surface area contributed by atoms with Crippen LogP contribution in [-0.4, -0.2) is 15.8 Å². The van der Waals surface area contributed by atoms with Gasteiger partial charge in [0.15, 0.2) is 0 Å². The lowest BCUT2D eigenvalue weighted by Gasteiger charge is -2.05. The summed E-state index contributed by atoms with van der Waals surface area (Å²) in [6, 6.07) is 12.3. The predicted molar refractivity (Wildman–Crippen MR) is 108 cm³/mol. The molecule has 8 heteroatoms. The number of hydrogen-bond acceptors (Lipinski definition) is 6. The second kappa shape index (κ2) is 8.18. The highest BCUT2D eigenvalue weighted by atomic mass is 32.1. The number of carbonyl (C=O) groups is 1. The zero-order valence-corrected chi connectivity index (χ0v) is 16.5. The second-order valence-corrected chi connectivity index (χ2v) is 7.42. The molecule has 0 aliphatic heterocycles. The number of thiazole rings is 1. The molecule has 1 amide bonds. The number of rotatable bonds is 6. The van der Waals surface area contributed by atoms with E-state index < -0.39 is 4.92 Å². The highest BCUT2D eigenvalue weighted by Crippen LogP contribution is 2.25. The number of anilines is 1. The van der Waals surface area contributed by atoms with Crippen molar-refractivity contribution in [3.63, 3.8) is 0 Å². The summed E-state index contributed by atoms with van der Waals surface area (Å²) in [4.78, 5) is 28.0. The Labute approximate surface area is 166 Å². The third-order valence-electron chi connectivity index (χ3n) is 4.09. The maximum atomic E-state index is 12.6. The van der Waals surface area contributed by atoms with Gasteiger partial charge in [-0.15, -0.1) is 11.3 Å². The van der Waals surface area contributed by atoms with E-state index in [0.717, 1.165) is 11.3 Å². The molecule has 0 aliphatic rings. The van der Waals surface area contributed by atoms with Gasteiger partial charge in [0, 0.05) is 17.3 Å². The van der Waals surface area contributed by atoms with Gasteiger partial charge in [0.1, 0.15) is 22.2 Å². The molecule has 0 unspecified atom stereocenters. The Morgan fingerprint density at radius 2 is 1.89 bits per heavy atom. The summed E-state index contributed by atoms with van der Waals surface area (Å²) in [5.41, 5.74) is 2.60. The smallest absolute Gasteiger partial charge is 0.274 e. The third-order valence-corrected chi connectivity index (χ3v) is 5.22. The molecule has 0 saturated heterocycles. The molecule has 0 spiro atoms. The molecule has 0 aliphatic carbocycles. The van der Waals surface area contributed by atoms with Crippen LogP contribution in [0.25, 0.3) is 0 Å². The van der Waals surface area contributed by atoms with Crippen LogP contribution < -0.4 is 10.1 Å². The number of amides is 1. The van der Waals surface area contributed by atoms with Gasteiger partial charge in [0.2, 0.25) is 0 Å². The van der Waals surface area contributed by atoms with Crippen LogP contribution in [0, 0.1) is 30.9 Å². The predicted octanol–water partition coefficient (Wildman–Crippen LogP) is 4.81. The minimum atomic E-state index is -0.469. The van der Waals surface area contributed by atoms with Crippen molar-refractivity contribution in [2.45, 2.75) is 27.4 Å². The molecule has 0 bridgehead atoms. The molecule has 0 radical (unpaired) electrons. The van der Waals surface area contributed by atoms with Gasteiger partial charge in [-0.3, -0.25) is 14.9 Å². The molecule has 0 fully saturated rings. The Morgan fingerprint density at radius 3 is 2.57 bits per heavy atom. The van der Waals surface area contributed by atoms with E-state index in [0.29, 0.717) is 26.8 Å². The number of aryl methyl sites for hydroxylation is 3. The van der Waals surface area contributed by atoms with Crippen molar-refractivity contribution in [1.29, 1.82) is 0 Å². The quantitative estimate of drug-likeness (QED) is 0.476. The largest absolute Gasteiger partial charge is 0.486 e. The average Bonchev–Trinajstić information content (AvgIpc) is 3.03. The molecule has 1 aromatic heterocycles. The molecule has 3 rings (SSSR count). The maximum absolute atomic E-state index is 12.6. The molecule has 0 saturated carbocycles. The van der Waals surface area contributed by atoms with Crippen molar-refractivity contribution in [3.8, 4) is 5.75 Å². The van der Waals surface area contributed by atoms with Crippen molar-refractivity contribution in [2.75, 3.05) is 5.32 Å². The standard InChI is InChI=1S/C20H19N3O4S/c1-12-4-8-16(9-5-12)27-11-18-21-14(3)19(28-18)20(24)22-15-7-6-13(2)17(10-15)23(25)26/h4-10H,11H2,1-3H3,(H,22,24). The van der Waals surface area contributed by atoms with Gasteiger partial charge in [-0.1, -0.05) is 23.8 Å². The number of nitrogens with zero attached hydrogens (tertiary/aromatic N) is 2. The molecule has 7 nitrogen and oxygen atoms in total. The van der Waals surface area contributed by atoms with Crippen LogP contribution >= 0.6 is 11.3 Å². The van der Waals surface area contributed by atoms with E-state index in [1.807, 2.05) is 31.2 Å². The Hall–Kier alpha value is -3.26. The summed E-state index contributed by atoms with van der Waals surface area (Å²) < 4.78 is 5.71. The fourth-order valence-corrected chi connectivity index (χ4v) is 3.45. The minimum absolute atomic E-state index is 0.0361. The fourth-order valence-electron chi connectivity index (χ4n) is 2.58. The number of nitro groups is 1. The van der Waals surface area contributed by atoms with Crippen molar-refractivity contribution in [1.82, 2.24) is 4.98 Å². The number of benzene rings is 2. The highest BCUT2D eigenvalue weighted by Gasteiger charge is 2.18. The van der Waals surface area contributed by atoms with Gasteiger partial charge in [-0.2, -0.15) is 0 Å². The lowest BCUT2D eigenvalue weighted by Crippen LogP contribution is -2.11. The first kappa shape index (κ1) is 19.5. The zero-order valence-electron chi connectivity index (χ0n) is 15.7. The van der Waals surface area contributed by atoms with E-state index in [1.165, 1.54) is 17.4 Å². The highest BCUT2D eigenvalue weighted by molar-refractivity contribution is 7.13. The number of hydrogen-bond donors (Lipinski definition) is 1. The Balaban J connectivity index is 1.70. The number of aromatic nitrogens is 1. The van der Waals surface area contributed by atoms with Gasteiger partial charge in [0.25, 0.3) is 11.6 Å². The van der Waals surface area contributed by atoms with Crippen LogP contribution in [0.15, 0.2) is 42.5 Å². The van der Waals surface area contributed by atoms with Crippen molar-refractivity contribution < 1.29 is 14.5 Å². The molecule has 0 atom stereocenters. The number of nitrogens with one attached hydrogen (secondary N) is 1. The molecule has 28 heavy (non-hydrogen) atoms. The zero-order chi connectivity index (χ0) is 20.3. The van der Waals surface area contributed by atoms with Gasteiger partial charge in [-0.05, 0) is 39.0 Å². The Kier molecular flexibility index (Phi) is 5.70. The number of nitro benzene ring substituents is 1. The third kappa shape index (κ3) is 4.52. The number of carbonyl (C=O) groups excluding carboxylic acids is 1. The monoisotopic (exact) mass is 397 g/mol. The maximum Gasteiger partial charge on any atom is 0.274 e. The van der Waals surface area contributed by atoms with E-state index in [4.69, 9.17) is 4.74 Å². The van der Waals surface area contributed by atoms with E-state index >= 15 is 0 Å². The molecule has 3 aromatic rings.